The van der Waals surface area contributed by atoms with Crippen molar-refractivity contribution in [2.24, 2.45) is 0 Å². The average molecular weight is 192 g/mol. The van der Waals surface area contributed by atoms with Gasteiger partial charge in [0.05, 0.1) is 0 Å². The van der Waals surface area contributed by atoms with Gasteiger partial charge in [-0.25, -0.2) is 4.57 Å². The lowest BCUT2D eigenvalue weighted by Crippen LogP contribution is -2.33. The van der Waals surface area contributed by atoms with Crippen LogP contribution in [-0.4, -0.2) is 0 Å². The first-order chi connectivity index (χ1) is 6.77. The van der Waals surface area contributed by atoms with Crippen molar-refractivity contribution in [3.8, 4) is 0 Å². The van der Waals surface area contributed by atoms with Gasteiger partial charge < -0.3 is 0 Å². The van der Waals surface area contributed by atoms with Crippen molar-refractivity contribution in [2.45, 2.75) is 53.0 Å². The molecular weight excluding hydrogens is 170 g/mol. The fraction of sp³-hybridized carbons (Fsp3) is 0.615. The van der Waals surface area contributed by atoms with Crippen molar-refractivity contribution in [3.63, 3.8) is 0 Å². The van der Waals surface area contributed by atoms with E-state index < -0.39 is 0 Å². The van der Waals surface area contributed by atoms with E-state index in [4.69, 9.17) is 0 Å². The van der Waals surface area contributed by atoms with Gasteiger partial charge >= 0.3 is 0 Å². The van der Waals surface area contributed by atoms with Gasteiger partial charge in [0.1, 0.15) is 6.54 Å². The lowest BCUT2D eigenvalue weighted by Gasteiger charge is -2.02. The molecule has 1 aromatic heterocycles. The van der Waals surface area contributed by atoms with Crippen LogP contribution in [0.5, 0.6) is 0 Å². The third-order valence-electron chi connectivity index (χ3n) is 2.62. The molecule has 0 N–H and O–H groups in total. The number of pyridine rings is 1. The fourth-order valence-corrected chi connectivity index (χ4v) is 1.72. The second kappa shape index (κ2) is 5.79. The summed E-state index contributed by atoms with van der Waals surface area (Å²) < 4.78 is 2.30. The van der Waals surface area contributed by atoms with Crippen LogP contribution >= 0.6 is 0 Å². The van der Waals surface area contributed by atoms with E-state index in [2.05, 4.69) is 43.8 Å². The molecule has 1 rings (SSSR count). The summed E-state index contributed by atoms with van der Waals surface area (Å²) in [5, 5.41) is 0. The van der Waals surface area contributed by atoms with Crippen LogP contribution in [0.2, 0.25) is 0 Å². The second-order valence-corrected chi connectivity index (χ2v) is 3.99. The molecule has 14 heavy (non-hydrogen) atoms. The van der Waals surface area contributed by atoms with Gasteiger partial charge in [-0.3, -0.25) is 0 Å². The van der Waals surface area contributed by atoms with Crippen molar-refractivity contribution >= 4 is 0 Å². The first kappa shape index (κ1) is 11.2. The highest BCUT2D eigenvalue weighted by molar-refractivity contribution is 5.19. The number of hydrogen-bond donors (Lipinski definition) is 0. The number of hydrogen-bond acceptors (Lipinski definition) is 0. The molecule has 0 aromatic carbocycles. The Morgan fingerprint density at radius 2 is 2.00 bits per heavy atom. The van der Waals surface area contributed by atoms with E-state index in [0.717, 1.165) is 6.54 Å². The summed E-state index contributed by atoms with van der Waals surface area (Å²) in [5.41, 5.74) is 2.94. The predicted molar refractivity (Wildman–Crippen MR) is 60.3 cm³/mol. The molecule has 0 bridgehead atoms. The van der Waals surface area contributed by atoms with Gasteiger partial charge in [-0.1, -0.05) is 26.7 Å². The molecule has 0 saturated heterocycles. The predicted octanol–water partition coefficient (Wildman–Crippen LogP) is 3.04. The zero-order valence-corrected chi connectivity index (χ0v) is 9.71. The Morgan fingerprint density at radius 3 is 2.57 bits per heavy atom. The van der Waals surface area contributed by atoms with E-state index in [9.17, 15) is 0 Å². The molecule has 1 heterocycles. The SMILES string of the molecule is CCCC[n+]1ccc(CCC)c(C)c1. The van der Waals surface area contributed by atoms with Gasteiger partial charge in [0.2, 0.25) is 0 Å². The van der Waals surface area contributed by atoms with Crippen LogP contribution in [0, 0.1) is 6.92 Å². The molecule has 0 unspecified atom stereocenters. The summed E-state index contributed by atoms with van der Waals surface area (Å²) in [6.07, 6.45) is 9.48. The highest BCUT2D eigenvalue weighted by Gasteiger charge is 2.04. The first-order valence-corrected chi connectivity index (χ1v) is 5.76. The van der Waals surface area contributed by atoms with Gasteiger partial charge in [-0.05, 0) is 18.9 Å². The van der Waals surface area contributed by atoms with Gasteiger partial charge in [0, 0.05) is 18.1 Å². The molecule has 0 saturated carbocycles. The highest BCUT2D eigenvalue weighted by Crippen LogP contribution is 2.06. The van der Waals surface area contributed by atoms with Crippen LogP contribution in [-0.2, 0) is 13.0 Å². The lowest BCUT2D eigenvalue weighted by atomic mass is 10.1. The van der Waals surface area contributed by atoms with E-state index in [1.54, 1.807) is 0 Å². The minimum Gasteiger partial charge on any atom is -0.205 e. The van der Waals surface area contributed by atoms with Crippen molar-refractivity contribution in [1.82, 2.24) is 0 Å². The maximum absolute atomic E-state index is 2.30. The minimum atomic E-state index is 1.16. The Kier molecular flexibility index (Phi) is 4.64. The molecular formula is C13H22N+. The molecule has 0 atom stereocenters. The van der Waals surface area contributed by atoms with Crippen LogP contribution in [0.1, 0.15) is 44.2 Å². The molecule has 0 amide bonds. The van der Waals surface area contributed by atoms with Crippen molar-refractivity contribution in [3.05, 3.63) is 29.6 Å². The summed E-state index contributed by atoms with van der Waals surface area (Å²) in [7, 11) is 0. The van der Waals surface area contributed by atoms with E-state index >= 15 is 0 Å². The summed E-state index contributed by atoms with van der Waals surface area (Å²) in [6, 6.07) is 2.27. The molecule has 0 aliphatic rings. The van der Waals surface area contributed by atoms with Gasteiger partial charge in [0.15, 0.2) is 12.4 Å². The molecule has 1 heteroatoms. The number of rotatable bonds is 5. The second-order valence-electron chi connectivity index (χ2n) is 3.99. The van der Waals surface area contributed by atoms with E-state index in [1.807, 2.05) is 0 Å². The standard InChI is InChI=1S/C13H22N/c1-4-6-9-14-10-8-13(7-5-2)12(3)11-14/h8,10-11H,4-7,9H2,1-3H3/q+1. The van der Waals surface area contributed by atoms with Gasteiger partial charge in [0.25, 0.3) is 0 Å². The number of aromatic nitrogens is 1. The lowest BCUT2D eigenvalue weighted by molar-refractivity contribution is -0.697. The summed E-state index contributed by atoms with van der Waals surface area (Å²) >= 11 is 0. The Hall–Kier alpha value is -0.850. The van der Waals surface area contributed by atoms with Crippen LogP contribution in [0.4, 0.5) is 0 Å². The normalized spacial score (nSPS) is 10.5. The summed E-state index contributed by atoms with van der Waals surface area (Å²) in [4.78, 5) is 0. The third kappa shape index (κ3) is 3.13. The molecule has 0 aliphatic carbocycles. The van der Waals surface area contributed by atoms with Crippen molar-refractivity contribution in [1.29, 1.82) is 0 Å². The minimum absolute atomic E-state index is 1.16. The van der Waals surface area contributed by atoms with Gasteiger partial charge in [-0.2, -0.15) is 0 Å². The molecule has 1 nitrogen and oxygen atoms in total. The Morgan fingerprint density at radius 1 is 1.21 bits per heavy atom. The maximum Gasteiger partial charge on any atom is 0.171 e. The molecule has 0 radical (unpaired) electrons. The van der Waals surface area contributed by atoms with E-state index in [1.165, 1.54) is 36.8 Å². The number of aryl methyl sites for hydroxylation is 3. The molecule has 1 aromatic rings. The number of unbranched alkanes of at least 4 members (excludes halogenated alkanes) is 1. The molecule has 0 aliphatic heterocycles. The van der Waals surface area contributed by atoms with E-state index in [-0.39, 0.29) is 0 Å². The van der Waals surface area contributed by atoms with Crippen molar-refractivity contribution < 1.29 is 4.57 Å². The fourth-order valence-electron chi connectivity index (χ4n) is 1.72. The molecule has 0 fully saturated rings. The quantitative estimate of drug-likeness (QED) is 0.631. The average Bonchev–Trinajstić information content (AvgIpc) is 2.19. The highest BCUT2D eigenvalue weighted by atomic mass is 14.9. The smallest absolute Gasteiger partial charge is 0.171 e. The molecule has 0 spiro atoms. The van der Waals surface area contributed by atoms with E-state index in [0.29, 0.717) is 0 Å². The van der Waals surface area contributed by atoms with Gasteiger partial charge in [-0.15, -0.1) is 0 Å². The van der Waals surface area contributed by atoms with Crippen LogP contribution in [0.25, 0.3) is 0 Å². The summed E-state index contributed by atoms with van der Waals surface area (Å²) in [5.74, 6) is 0. The topological polar surface area (TPSA) is 3.88 Å². The first-order valence-electron chi connectivity index (χ1n) is 5.76. The third-order valence-corrected chi connectivity index (χ3v) is 2.62. The van der Waals surface area contributed by atoms with Crippen LogP contribution in [0.15, 0.2) is 18.5 Å². The zero-order valence-electron chi connectivity index (χ0n) is 9.71. The van der Waals surface area contributed by atoms with Crippen LogP contribution < -0.4 is 4.57 Å². The monoisotopic (exact) mass is 192 g/mol. The zero-order chi connectivity index (χ0) is 10.4. The largest absolute Gasteiger partial charge is 0.205 e. The van der Waals surface area contributed by atoms with Crippen molar-refractivity contribution in [2.75, 3.05) is 0 Å². The Bertz CT molecular complexity index is 279. The Labute approximate surface area is 87.8 Å². The molecule has 78 valence electrons. The van der Waals surface area contributed by atoms with Crippen LogP contribution in [0.3, 0.4) is 0 Å². The maximum atomic E-state index is 2.30. The number of nitrogens with zero attached hydrogens (tertiary/aromatic N) is 1. The summed E-state index contributed by atoms with van der Waals surface area (Å²) in [6.45, 7) is 7.84. The Balaban J connectivity index is 2.68.